The van der Waals surface area contributed by atoms with Crippen LogP contribution in [0.1, 0.15) is 15.9 Å². The molecule has 0 spiro atoms. The van der Waals surface area contributed by atoms with E-state index in [9.17, 15) is 14.7 Å². The number of pyridine rings is 1. The molecule has 0 saturated carbocycles. The van der Waals surface area contributed by atoms with Crippen molar-refractivity contribution < 1.29 is 9.90 Å². The van der Waals surface area contributed by atoms with E-state index in [1.807, 2.05) is 18.2 Å². The second kappa shape index (κ2) is 6.94. The minimum Gasteiger partial charge on any atom is -0.478 e. The Balaban J connectivity index is 1.98. The molecule has 0 aliphatic rings. The van der Waals surface area contributed by atoms with Gasteiger partial charge in [0.1, 0.15) is 10.5 Å². The lowest BCUT2D eigenvalue weighted by atomic mass is 10.2. The first-order chi connectivity index (χ1) is 13.0. The summed E-state index contributed by atoms with van der Waals surface area (Å²) >= 11 is 7.07. The first kappa shape index (κ1) is 17.4. The van der Waals surface area contributed by atoms with E-state index < -0.39 is 11.5 Å². The Labute approximate surface area is 162 Å². The molecular formula is C19H12ClN3O3S. The summed E-state index contributed by atoms with van der Waals surface area (Å²) in [6, 6.07) is 12.4. The van der Waals surface area contributed by atoms with Crippen LogP contribution in [0.3, 0.4) is 0 Å². The number of carboxylic acid groups (broad SMARTS) is 1. The number of carbonyl (C=O) groups is 1. The average Bonchev–Trinajstić information content (AvgIpc) is 3.11. The van der Waals surface area contributed by atoms with Crippen molar-refractivity contribution in [2.45, 2.75) is 6.54 Å². The average molecular weight is 398 g/mol. The number of benzene rings is 1. The number of carboxylic acids is 1. The summed E-state index contributed by atoms with van der Waals surface area (Å²) in [5.74, 6) is -0.759. The van der Waals surface area contributed by atoms with Gasteiger partial charge in [-0.15, -0.1) is 11.3 Å². The van der Waals surface area contributed by atoms with Crippen LogP contribution in [0.4, 0.5) is 0 Å². The first-order valence-corrected chi connectivity index (χ1v) is 9.21. The van der Waals surface area contributed by atoms with Gasteiger partial charge in [-0.2, -0.15) is 0 Å². The van der Waals surface area contributed by atoms with Crippen LogP contribution in [0.15, 0.2) is 58.8 Å². The fraction of sp³-hybridized carbons (Fsp3) is 0.0526. The molecule has 4 rings (SSSR count). The molecule has 8 heteroatoms. The Hall–Kier alpha value is -3.03. The van der Waals surface area contributed by atoms with E-state index in [2.05, 4.69) is 9.97 Å². The van der Waals surface area contributed by atoms with E-state index in [0.717, 1.165) is 16.9 Å². The molecule has 4 aromatic rings. The molecule has 27 heavy (non-hydrogen) atoms. The Morgan fingerprint density at radius 2 is 1.96 bits per heavy atom. The highest BCUT2D eigenvalue weighted by atomic mass is 35.5. The van der Waals surface area contributed by atoms with Gasteiger partial charge in [-0.1, -0.05) is 29.8 Å². The van der Waals surface area contributed by atoms with Gasteiger partial charge in [0.05, 0.1) is 17.5 Å². The summed E-state index contributed by atoms with van der Waals surface area (Å²) < 4.78 is 1.45. The zero-order valence-corrected chi connectivity index (χ0v) is 15.4. The Morgan fingerprint density at radius 1 is 1.19 bits per heavy atom. The normalized spacial score (nSPS) is 11.0. The number of nitrogens with zero attached hydrogens (tertiary/aromatic N) is 3. The molecule has 0 atom stereocenters. The second-order valence-corrected chi connectivity index (χ2v) is 7.10. The molecule has 0 bridgehead atoms. The summed E-state index contributed by atoms with van der Waals surface area (Å²) in [5, 5.41) is 11.5. The summed E-state index contributed by atoms with van der Waals surface area (Å²) in [6.45, 7) is 0.222. The van der Waals surface area contributed by atoms with Crippen LogP contribution in [0, 0.1) is 0 Å². The van der Waals surface area contributed by atoms with Crippen LogP contribution < -0.4 is 5.56 Å². The second-order valence-electron chi connectivity index (χ2n) is 5.80. The standard InChI is InChI=1S/C19H12ClN3O3S/c20-12-6-4-11(5-7-12)9-23-16(14-3-1-2-8-21-14)22-17-15(18(23)24)13(10-27-17)19(25)26/h1-8,10H,9H2,(H,25,26). The lowest BCUT2D eigenvalue weighted by Crippen LogP contribution is -2.25. The third-order valence-electron chi connectivity index (χ3n) is 4.07. The van der Waals surface area contributed by atoms with E-state index in [1.54, 1.807) is 30.5 Å². The molecule has 0 saturated heterocycles. The van der Waals surface area contributed by atoms with Crippen LogP contribution in [0.25, 0.3) is 21.7 Å². The molecule has 1 aromatic carbocycles. The zero-order chi connectivity index (χ0) is 19.0. The lowest BCUT2D eigenvalue weighted by molar-refractivity contribution is 0.0699. The van der Waals surface area contributed by atoms with Crippen molar-refractivity contribution in [3.8, 4) is 11.5 Å². The van der Waals surface area contributed by atoms with Gasteiger partial charge in [0, 0.05) is 16.6 Å². The van der Waals surface area contributed by atoms with Gasteiger partial charge in [-0.05, 0) is 29.8 Å². The van der Waals surface area contributed by atoms with Crippen LogP contribution in [0.2, 0.25) is 5.02 Å². The highest BCUT2D eigenvalue weighted by Crippen LogP contribution is 2.25. The molecule has 0 aliphatic carbocycles. The van der Waals surface area contributed by atoms with Crippen molar-refractivity contribution >= 4 is 39.1 Å². The van der Waals surface area contributed by atoms with Gasteiger partial charge in [-0.25, -0.2) is 9.78 Å². The largest absolute Gasteiger partial charge is 0.478 e. The summed E-state index contributed by atoms with van der Waals surface area (Å²) in [5.41, 5.74) is 0.932. The number of rotatable bonds is 4. The third-order valence-corrected chi connectivity index (χ3v) is 5.20. The highest BCUT2D eigenvalue weighted by molar-refractivity contribution is 7.17. The topological polar surface area (TPSA) is 85.1 Å². The van der Waals surface area contributed by atoms with Crippen LogP contribution in [-0.4, -0.2) is 25.6 Å². The van der Waals surface area contributed by atoms with Crippen molar-refractivity contribution in [2.24, 2.45) is 0 Å². The number of aromatic nitrogens is 3. The Kier molecular flexibility index (Phi) is 4.47. The molecule has 0 fully saturated rings. The SMILES string of the molecule is O=C(O)c1csc2nc(-c3ccccn3)n(Cc3ccc(Cl)cc3)c(=O)c12. The van der Waals surface area contributed by atoms with Gasteiger partial charge >= 0.3 is 5.97 Å². The van der Waals surface area contributed by atoms with E-state index in [0.29, 0.717) is 21.4 Å². The Morgan fingerprint density at radius 3 is 2.63 bits per heavy atom. The summed E-state index contributed by atoms with van der Waals surface area (Å²) in [7, 11) is 0. The molecule has 0 aliphatic heterocycles. The maximum absolute atomic E-state index is 13.2. The van der Waals surface area contributed by atoms with Crippen molar-refractivity contribution in [1.29, 1.82) is 0 Å². The number of hydrogen-bond acceptors (Lipinski definition) is 5. The molecule has 3 aromatic heterocycles. The third kappa shape index (κ3) is 3.22. The summed E-state index contributed by atoms with van der Waals surface area (Å²) in [6.07, 6.45) is 1.62. The van der Waals surface area contributed by atoms with Crippen molar-refractivity contribution in [3.63, 3.8) is 0 Å². The predicted octanol–water partition coefficient (Wildman–Crippen LogP) is 3.92. The van der Waals surface area contributed by atoms with Gasteiger partial charge in [0.2, 0.25) is 0 Å². The fourth-order valence-electron chi connectivity index (χ4n) is 2.79. The van der Waals surface area contributed by atoms with E-state index in [4.69, 9.17) is 11.6 Å². The molecule has 0 radical (unpaired) electrons. The number of aromatic carboxylic acids is 1. The molecular weight excluding hydrogens is 386 g/mol. The molecule has 3 heterocycles. The van der Waals surface area contributed by atoms with Crippen LogP contribution >= 0.6 is 22.9 Å². The quantitative estimate of drug-likeness (QED) is 0.564. The van der Waals surface area contributed by atoms with E-state index in [-0.39, 0.29) is 17.5 Å². The predicted molar refractivity (Wildman–Crippen MR) is 105 cm³/mol. The monoisotopic (exact) mass is 397 g/mol. The van der Waals surface area contributed by atoms with Crippen LogP contribution in [0.5, 0.6) is 0 Å². The van der Waals surface area contributed by atoms with E-state index >= 15 is 0 Å². The molecule has 0 amide bonds. The number of fused-ring (bicyclic) bond motifs is 1. The van der Waals surface area contributed by atoms with Crippen molar-refractivity contribution in [2.75, 3.05) is 0 Å². The smallest absolute Gasteiger partial charge is 0.337 e. The van der Waals surface area contributed by atoms with Gasteiger partial charge in [0.25, 0.3) is 5.56 Å². The molecule has 0 unspecified atom stereocenters. The van der Waals surface area contributed by atoms with Crippen molar-refractivity contribution in [1.82, 2.24) is 14.5 Å². The number of hydrogen-bond donors (Lipinski definition) is 1. The Bertz CT molecular complexity index is 1200. The lowest BCUT2D eigenvalue weighted by Gasteiger charge is -2.12. The van der Waals surface area contributed by atoms with Gasteiger partial charge < -0.3 is 5.11 Å². The molecule has 6 nitrogen and oxygen atoms in total. The first-order valence-electron chi connectivity index (χ1n) is 7.96. The van der Waals surface area contributed by atoms with Gasteiger partial charge in [0.15, 0.2) is 5.82 Å². The minimum atomic E-state index is -1.15. The maximum atomic E-state index is 13.2. The fourth-order valence-corrected chi connectivity index (χ4v) is 3.82. The molecule has 134 valence electrons. The minimum absolute atomic E-state index is 0.0371. The van der Waals surface area contributed by atoms with E-state index in [1.165, 1.54) is 9.95 Å². The number of thiophene rings is 1. The summed E-state index contributed by atoms with van der Waals surface area (Å²) in [4.78, 5) is 33.9. The highest BCUT2D eigenvalue weighted by Gasteiger charge is 2.20. The molecule has 1 N–H and O–H groups in total. The van der Waals surface area contributed by atoms with Crippen LogP contribution in [-0.2, 0) is 6.54 Å². The van der Waals surface area contributed by atoms with Crippen molar-refractivity contribution in [3.05, 3.63) is 80.5 Å². The number of halogens is 1. The van der Waals surface area contributed by atoms with Gasteiger partial charge in [-0.3, -0.25) is 14.3 Å². The zero-order valence-electron chi connectivity index (χ0n) is 13.8. The maximum Gasteiger partial charge on any atom is 0.337 e.